The number of nitrogens with zero attached hydrogens (tertiary/aromatic N) is 5. The second-order valence-corrected chi connectivity index (χ2v) is 3.12. The van der Waals surface area contributed by atoms with Crippen LogP contribution in [0.15, 0.2) is 32.7 Å². The maximum absolute atomic E-state index is 11.6. The van der Waals surface area contributed by atoms with E-state index in [2.05, 4.69) is 20.6 Å². The van der Waals surface area contributed by atoms with Crippen LogP contribution in [0.1, 0.15) is 21.5 Å². The molecule has 0 aliphatic heterocycles. The first-order valence-corrected chi connectivity index (χ1v) is 4.64. The van der Waals surface area contributed by atoms with Gasteiger partial charge in [0.05, 0.1) is 17.2 Å². The van der Waals surface area contributed by atoms with Gasteiger partial charge in [0.2, 0.25) is 0 Å². The van der Waals surface area contributed by atoms with Crippen molar-refractivity contribution < 1.29 is 4.79 Å². The number of nitrogens with two attached hydrogens (primary N) is 1. The van der Waals surface area contributed by atoms with Crippen LogP contribution in [-0.2, 0) is 0 Å². The molecule has 0 atom stereocenters. The highest BCUT2D eigenvalue weighted by Crippen LogP contribution is 2.26. The van der Waals surface area contributed by atoms with Crippen molar-refractivity contribution in [2.75, 3.05) is 7.05 Å². The molecule has 0 radical (unpaired) electrons. The lowest BCUT2D eigenvalue weighted by atomic mass is 10.0. The summed E-state index contributed by atoms with van der Waals surface area (Å²) in [5.41, 5.74) is 1.41. The SMILES string of the molecule is CN=NC(=O)c1cc(C#N)cc(C)c1N=NN. The summed E-state index contributed by atoms with van der Waals surface area (Å²) in [6, 6.07) is 4.92. The van der Waals surface area contributed by atoms with Crippen molar-refractivity contribution in [3.63, 3.8) is 0 Å². The van der Waals surface area contributed by atoms with Crippen molar-refractivity contribution >= 4 is 11.6 Å². The molecule has 0 heterocycles. The molecule has 0 unspecified atom stereocenters. The van der Waals surface area contributed by atoms with E-state index in [0.717, 1.165) is 0 Å². The van der Waals surface area contributed by atoms with Gasteiger partial charge in [-0.15, -0.1) is 10.2 Å². The summed E-state index contributed by atoms with van der Waals surface area (Å²) in [4.78, 5) is 11.6. The molecule has 2 N–H and O–H groups in total. The van der Waals surface area contributed by atoms with Crippen molar-refractivity contribution in [1.82, 2.24) is 0 Å². The van der Waals surface area contributed by atoms with Gasteiger partial charge in [0.15, 0.2) is 0 Å². The highest BCUT2D eigenvalue weighted by Gasteiger charge is 2.15. The number of aryl methyl sites for hydroxylation is 1. The van der Waals surface area contributed by atoms with Crippen LogP contribution in [0.5, 0.6) is 0 Å². The van der Waals surface area contributed by atoms with E-state index in [-0.39, 0.29) is 5.56 Å². The van der Waals surface area contributed by atoms with E-state index in [4.69, 9.17) is 11.1 Å². The highest BCUT2D eigenvalue weighted by molar-refractivity contribution is 6.00. The molecule has 86 valence electrons. The van der Waals surface area contributed by atoms with E-state index >= 15 is 0 Å². The van der Waals surface area contributed by atoms with Crippen LogP contribution in [0, 0.1) is 18.3 Å². The molecule has 1 aromatic carbocycles. The molecule has 1 amide bonds. The Morgan fingerprint density at radius 1 is 1.47 bits per heavy atom. The molecular weight excluding hydrogens is 220 g/mol. The smallest absolute Gasteiger partial charge is 0.297 e. The number of benzene rings is 1. The van der Waals surface area contributed by atoms with Crippen LogP contribution in [0.4, 0.5) is 5.69 Å². The first-order valence-electron chi connectivity index (χ1n) is 4.64. The zero-order valence-corrected chi connectivity index (χ0v) is 9.38. The first kappa shape index (κ1) is 12.4. The number of amides is 1. The van der Waals surface area contributed by atoms with Crippen molar-refractivity contribution in [1.29, 1.82) is 5.26 Å². The van der Waals surface area contributed by atoms with Gasteiger partial charge in [0.25, 0.3) is 5.91 Å². The van der Waals surface area contributed by atoms with E-state index in [0.29, 0.717) is 16.8 Å². The van der Waals surface area contributed by atoms with Gasteiger partial charge < -0.3 is 5.84 Å². The molecule has 17 heavy (non-hydrogen) atoms. The van der Waals surface area contributed by atoms with E-state index in [1.807, 2.05) is 6.07 Å². The van der Waals surface area contributed by atoms with Crippen LogP contribution in [0.25, 0.3) is 0 Å². The van der Waals surface area contributed by atoms with Crippen LogP contribution < -0.4 is 5.84 Å². The minimum Gasteiger partial charge on any atom is -0.305 e. The average Bonchev–Trinajstić information content (AvgIpc) is 2.31. The number of hydrogen-bond donors (Lipinski definition) is 1. The van der Waals surface area contributed by atoms with Gasteiger partial charge in [-0.2, -0.15) is 10.4 Å². The highest BCUT2D eigenvalue weighted by atomic mass is 16.1. The Morgan fingerprint density at radius 2 is 2.18 bits per heavy atom. The lowest BCUT2D eigenvalue weighted by molar-refractivity contribution is 0.0995. The summed E-state index contributed by atoms with van der Waals surface area (Å²) in [7, 11) is 1.38. The zero-order chi connectivity index (χ0) is 12.8. The zero-order valence-electron chi connectivity index (χ0n) is 9.38. The molecular formula is C10H10N6O. The number of carbonyl (C=O) groups excluding carboxylic acids is 1. The second kappa shape index (κ2) is 5.46. The Bertz CT molecular complexity index is 540. The molecule has 1 rings (SSSR count). The fraction of sp³-hybridized carbons (Fsp3) is 0.200. The molecule has 7 nitrogen and oxygen atoms in total. The largest absolute Gasteiger partial charge is 0.305 e. The van der Waals surface area contributed by atoms with Crippen LogP contribution in [-0.4, -0.2) is 13.0 Å². The summed E-state index contributed by atoms with van der Waals surface area (Å²) in [6.07, 6.45) is 0. The Hall–Kier alpha value is -2.62. The third-order valence-electron chi connectivity index (χ3n) is 2.01. The average molecular weight is 230 g/mol. The van der Waals surface area contributed by atoms with E-state index in [1.54, 1.807) is 13.0 Å². The van der Waals surface area contributed by atoms with Crippen molar-refractivity contribution in [3.05, 3.63) is 28.8 Å². The lowest BCUT2D eigenvalue weighted by Gasteiger charge is -2.04. The van der Waals surface area contributed by atoms with Gasteiger partial charge in [-0.25, -0.2) is 0 Å². The monoisotopic (exact) mass is 230 g/mol. The number of azo groups is 1. The first-order chi connectivity index (χ1) is 8.13. The number of nitriles is 1. The molecule has 0 saturated heterocycles. The van der Waals surface area contributed by atoms with E-state index in [9.17, 15) is 4.79 Å². The number of carbonyl (C=O) groups is 1. The third kappa shape index (κ3) is 2.69. The molecule has 0 aliphatic carbocycles. The second-order valence-electron chi connectivity index (χ2n) is 3.12. The molecule has 0 aromatic heterocycles. The normalized spacial score (nSPS) is 10.9. The van der Waals surface area contributed by atoms with Crippen LogP contribution in [0.3, 0.4) is 0 Å². The van der Waals surface area contributed by atoms with Crippen molar-refractivity contribution in [2.24, 2.45) is 26.4 Å². The summed E-state index contributed by atoms with van der Waals surface area (Å²) in [6.45, 7) is 1.70. The van der Waals surface area contributed by atoms with Gasteiger partial charge in [0.1, 0.15) is 5.69 Å². The Labute approximate surface area is 97.6 Å². The summed E-state index contributed by atoms with van der Waals surface area (Å²) < 4.78 is 0. The molecule has 0 saturated carbocycles. The topological polar surface area (TPSA) is 116 Å². The van der Waals surface area contributed by atoms with Gasteiger partial charge >= 0.3 is 0 Å². The van der Waals surface area contributed by atoms with Gasteiger partial charge in [-0.05, 0) is 24.6 Å². The van der Waals surface area contributed by atoms with Gasteiger partial charge in [0, 0.05) is 7.05 Å². The number of hydrogen-bond acceptors (Lipinski definition) is 5. The minimum atomic E-state index is -0.588. The number of rotatable bonds is 2. The molecule has 7 heteroatoms. The van der Waals surface area contributed by atoms with Crippen molar-refractivity contribution in [2.45, 2.75) is 6.92 Å². The molecule has 0 bridgehead atoms. The quantitative estimate of drug-likeness (QED) is 0.475. The maximum atomic E-state index is 11.6. The van der Waals surface area contributed by atoms with E-state index in [1.165, 1.54) is 13.1 Å². The minimum absolute atomic E-state index is 0.154. The predicted molar refractivity (Wildman–Crippen MR) is 59.7 cm³/mol. The fourth-order valence-corrected chi connectivity index (χ4v) is 1.34. The Balaban J connectivity index is 3.48. The van der Waals surface area contributed by atoms with Crippen molar-refractivity contribution in [3.8, 4) is 6.07 Å². The fourth-order valence-electron chi connectivity index (χ4n) is 1.34. The van der Waals surface area contributed by atoms with Gasteiger partial charge in [-0.1, -0.05) is 5.22 Å². The maximum Gasteiger partial charge on any atom is 0.297 e. The third-order valence-corrected chi connectivity index (χ3v) is 2.01. The van der Waals surface area contributed by atoms with Gasteiger partial charge in [-0.3, -0.25) is 4.79 Å². The Morgan fingerprint density at radius 3 is 2.71 bits per heavy atom. The standard InChI is InChI=1S/C10H10N6O/c1-6-3-7(5-11)4-8(9(6)14-16-12)10(17)15-13-2/h3-4H,1-2H3,(H2,12,14). The Kier molecular flexibility index (Phi) is 4.00. The molecule has 0 spiro atoms. The molecule has 1 aromatic rings. The van der Waals surface area contributed by atoms with E-state index < -0.39 is 5.91 Å². The molecule has 0 aliphatic rings. The predicted octanol–water partition coefficient (Wildman–Crippen LogP) is 2.05. The summed E-state index contributed by atoms with van der Waals surface area (Å²) in [5, 5.41) is 22.4. The van der Waals surface area contributed by atoms with Crippen LogP contribution in [0.2, 0.25) is 0 Å². The summed E-state index contributed by atoms with van der Waals surface area (Å²) in [5.74, 6) is 4.38. The molecule has 0 fully saturated rings. The lowest BCUT2D eigenvalue weighted by Crippen LogP contribution is -1.98. The van der Waals surface area contributed by atoms with Crippen LogP contribution >= 0.6 is 0 Å². The summed E-state index contributed by atoms with van der Waals surface area (Å²) >= 11 is 0.